The summed E-state index contributed by atoms with van der Waals surface area (Å²) in [4.78, 5) is 0. The first-order valence-electron chi connectivity index (χ1n) is 7.04. The maximum atomic E-state index is 2.36. The third kappa shape index (κ3) is 6.99. The molecule has 0 aromatic heterocycles. The van der Waals surface area contributed by atoms with Crippen LogP contribution in [0.2, 0.25) is 0 Å². The van der Waals surface area contributed by atoms with Crippen molar-refractivity contribution in [2.24, 2.45) is 5.92 Å². The van der Waals surface area contributed by atoms with Crippen LogP contribution in [0.25, 0.3) is 6.08 Å². The van der Waals surface area contributed by atoms with E-state index in [0.29, 0.717) is 0 Å². The van der Waals surface area contributed by atoms with Crippen molar-refractivity contribution in [3.8, 4) is 0 Å². The molecule has 0 aliphatic rings. The average molecular weight is 230 g/mol. The Balaban J connectivity index is 2.15. The van der Waals surface area contributed by atoms with Gasteiger partial charge in [0.1, 0.15) is 0 Å². The fourth-order valence-corrected chi connectivity index (χ4v) is 2.04. The van der Waals surface area contributed by atoms with Gasteiger partial charge in [0.25, 0.3) is 0 Å². The maximum Gasteiger partial charge on any atom is -0.0260 e. The summed E-state index contributed by atoms with van der Waals surface area (Å²) in [7, 11) is 0. The van der Waals surface area contributed by atoms with Gasteiger partial charge in [0.05, 0.1) is 0 Å². The molecular weight excluding hydrogens is 204 g/mol. The Bertz CT molecular complexity index is 297. The molecule has 0 radical (unpaired) electrons. The van der Waals surface area contributed by atoms with Crippen LogP contribution >= 0.6 is 0 Å². The third-order valence-corrected chi connectivity index (χ3v) is 3.20. The first kappa shape index (κ1) is 14.0. The molecule has 0 bridgehead atoms. The molecule has 1 atom stereocenters. The number of rotatable bonds is 8. The van der Waals surface area contributed by atoms with Gasteiger partial charge in [-0.25, -0.2) is 0 Å². The summed E-state index contributed by atoms with van der Waals surface area (Å²) < 4.78 is 0. The molecule has 0 heterocycles. The summed E-state index contributed by atoms with van der Waals surface area (Å²) in [6, 6.07) is 10.6. The minimum Gasteiger partial charge on any atom is -0.0837 e. The van der Waals surface area contributed by atoms with Crippen molar-refractivity contribution in [1.82, 2.24) is 0 Å². The summed E-state index contributed by atoms with van der Waals surface area (Å²) in [5.41, 5.74) is 1.31. The highest BCUT2D eigenvalue weighted by molar-refractivity contribution is 5.48. The summed E-state index contributed by atoms with van der Waals surface area (Å²) >= 11 is 0. The number of benzene rings is 1. The van der Waals surface area contributed by atoms with Crippen LogP contribution in [-0.2, 0) is 0 Å². The molecule has 0 aliphatic heterocycles. The molecule has 1 aromatic rings. The van der Waals surface area contributed by atoms with Crippen molar-refractivity contribution < 1.29 is 0 Å². The van der Waals surface area contributed by atoms with Crippen LogP contribution in [0.4, 0.5) is 0 Å². The molecule has 17 heavy (non-hydrogen) atoms. The highest BCUT2D eigenvalue weighted by atomic mass is 14.0. The van der Waals surface area contributed by atoms with E-state index in [2.05, 4.69) is 56.3 Å². The van der Waals surface area contributed by atoms with E-state index in [1.807, 2.05) is 0 Å². The number of hydrogen-bond acceptors (Lipinski definition) is 0. The average Bonchev–Trinajstić information content (AvgIpc) is 2.36. The van der Waals surface area contributed by atoms with E-state index in [9.17, 15) is 0 Å². The zero-order valence-corrected chi connectivity index (χ0v) is 11.4. The molecule has 0 spiro atoms. The largest absolute Gasteiger partial charge is 0.0837 e. The van der Waals surface area contributed by atoms with Crippen molar-refractivity contribution in [3.63, 3.8) is 0 Å². The minimum atomic E-state index is 0.826. The highest BCUT2D eigenvalue weighted by Crippen LogP contribution is 2.15. The van der Waals surface area contributed by atoms with E-state index in [1.165, 1.54) is 44.1 Å². The van der Waals surface area contributed by atoms with E-state index < -0.39 is 0 Å². The number of allylic oxidation sites excluding steroid dienone is 1. The van der Waals surface area contributed by atoms with Crippen LogP contribution in [0.1, 0.15) is 57.9 Å². The summed E-state index contributed by atoms with van der Waals surface area (Å²) in [5.74, 6) is 0.826. The standard InChI is InChI=1S/C17H26/c1-3-4-5-7-11-16(2)12-10-15-17-13-8-6-9-14-17/h6,8-10,13-16H,3-5,7,11-12H2,1-2H3. The lowest BCUT2D eigenvalue weighted by molar-refractivity contribution is 0.494. The second kappa shape index (κ2) is 9.04. The molecule has 0 saturated heterocycles. The van der Waals surface area contributed by atoms with Crippen LogP contribution in [0.5, 0.6) is 0 Å². The molecule has 0 saturated carbocycles. The Kier molecular flexibility index (Phi) is 7.46. The summed E-state index contributed by atoms with van der Waals surface area (Å²) in [6.45, 7) is 4.63. The number of hydrogen-bond donors (Lipinski definition) is 0. The second-order valence-corrected chi connectivity index (χ2v) is 5.00. The molecule has 0 nitrogen and oxygen atoms in total. The highest BCUT2D eigenvalue weighted by Gasteiger charge is 1.98. The Morgan fingerprint density at radius 3 is 2.53 bits per heavy atom. The van der Waals surface area contributed by atoms with E-state index in [1.54, 1.807) is 0 Å². The lowest BCUT2D eigenvalue weighted by Gasteiger charge is -2.07. The Hall–Kier alpha value is -1.04. The molecule has 0 amide bonds. The van der Waals surface area contributed by atoms with Crippen molar-refractivity contribution in [1.29, 1.82) is 0 Å². The van der Waals surface area contributed by atoms with Crippen molar-refractivity contribution in [2.45, 2.75) is 52.4 Å². The zero-order chi connectivity index (χ0) is 12.3. The first-order valence-corrected chi connectivity index (χ1v) is 7.04. The second-order valence-electron chi connectivity index (χ2n) is 5.00. The lowest BCUT2D eigenvalue weighted by atomic mass is 9.99. The van der Waals surface area contributed by atoms with Crippen molar-refractivity contribution in [2.75, 3.05) is 0 Å². The van der Waals surface area contributed by atoms with Crippen LogP contribution in [-0.4, -0.2) is 0 Å². The summed E-state index contributed by atoms with van der Waals surface area (Å²) in [6.07, 6.45) is 12.7. The lowest BCUT2D eigenvalue weighted by Crippen LogP contribution is -1.92. The normalized spacial score (nSPS) is 13.1. The van der Waals surface area contributed by atoms with Crippen LogP contribution in [0.3, 0.4) is 0 Å². The van der Waals surface area contributed by atoms with Gasteiger partial charge in [-0.15, -0.1) is 0 Å². The van der Waals surface area contributed by atoms with Gasteiger partial charge >= 0.3 is 0 Å². The molecule has 94 valence electrons. The quantitative estimate of drug-likeness (QED) is 0.503. The smallest absolute Gasteiger partial charge is 0.0260 e. The van der Waals surface area contributed by atoms with Gasteiger partial charge in [-0.05, 0) is 17.9 Å². The molecule has 0 aliphatic carbocycles. The first-order chi connectivity index (χ1) is 8.33. The van der Waals surface area contributed by atoms with Crippen LogP contribution in [0, 0.1) is 5.92 Å². The molecule has 0 fully saturated rings. The van der Waals surface area contributed by atoms with Crippen molar-refractivity contribution in [3.05, 3.63) is 42.0 Å². The van der Waals surface area contributed by atoms with E-state index in [-0.39, 0.29) is 0 Å². The van der Waals surface area contributed by atoms with E-state index >= 15 is 0 Å². The maximum absolute atomic E-state index is 2.36. The predicted octanol–water partition coefficient (Wildman–Crippen LogP) is 5.70. The van der Waals surface area contributed by atoms with Gasteiger partial charge in [0.15, 0.2) is 0 Å². The van der Waals surface area contributed by atoms with Crippen LogP contribution < -0.4 is 0 Å². The van der Waals surface area contributed by atoms with Gasteiger partial charge in [0, 0.05) is 0 Å². The molecular formula is C17H26. The Morgan fingerprint density at radius 2 is 1.82 bits per heavy atom. The predicted molar refractivity (Wildman–Crippen MR) is 78.0 cm³/mol. The van der Waals surface area contributed by atoms with Gasteiger partial charge in [0.2, 0.25) is 0 Å². The fraction of sp³-hybridized carbons (Fsp3) is 0.529. The molecule has 1 unspecified atom stereocenters. The number of unbranched alkanes of at least 4 members (excludes halogenated alkanes) is 3. The van der Waals surface area contributed by atoms with Gasteiger partial charge in [-0.1, -0.05) is 88.4 Å². The van der Waals surface area contributed by atoms with E-state index in [4.69, 9.17) is 0 Å². The fourth-order valence-electron chi connectivity index (χ4n) is 2.04. The van der Waals surface area contributed by atoms with E-state index in [0.717, 1.165) is 5.92 Å². The van der Waals surface area contributed by atoms with Gasteiger partial charge in [-0.2, -0.15) is 0 Å². The molecule has 0 N–H and O–H groups in total. The van der Waals surface area contributed by atoms with Gasteiger partial charge < -0.3 is 0 Å². The Morgan fingerprint density at radius 1 is 1.06 bits per heavy atom. The molecule has 1 rings (SSSR count). The zero-order valence-electron chi connectivity index (χ0n) is 11.4. The summed E-state index contributed by atoms with van der Waals surface area (Å²) in [5, 5.41) is 0. The Labute approximate surface area is 107 Å². The van der Waals surface area contributed by atoms with Crippen LogP contribution in [0.15, 0.2) is 36.4 Å². The van der Waals surface area contributed by atoms with Gasteiger partial charge in [-0.3, -0.25) is 0 Å². The van der Waals surface area contributed by atoms with Crippen molar-refractivity contribution >= 4 is 6.08 Å². The third-order valence-electron chi connectivity index (χ3n) is 3.20. The topological polar surface area (TPSA) is 0 Å². The molecule has 1 aromatic carbocycles. The molecule has 0 heteroatoms. The SMILES string of the molecule is CCCCCCC(C)CC=Cc1ccccc1. The monoisotopic (exact) mass is 230 g/mol. The minimum absolute atomic E-state index is 0.826.